The van der Waals surface area contributed by atoms with Crippen LogP contribution in [0.2, 0.25) is 5.02 Å². The molecule has 0 heterocycles. The van der Waals surface area contributed by atoms with Crippen LogP contribution in [0.4, 0.5) is 5.69 Å². The van der Waals surface area contributed by atoms with Crippen LogP contribution in [0.15, 0.2) is 78.4 Å². The van der Waals surface area contributed by atoms with E-state index < -0.39 is 0 Å². The number of esters is 1. The summed E-state index contributed by atoms with van der Waals surface area (Å²) in [6.45, 7) is 1.90. The molecule has 3 nitrogen and oxygen atoms in total. The number of hydrogen-bond acceptors (Lipinski definition) is 3. The molecule has 0 fully saturated rings. The molecular formula is C20H20ClNO2. The van der Waals surface area contributed by atoms with Gasteiger partial charge in [0.05, 0.1) is 18.7 Å². The SMILES string of the molecule is C/C=C/C=C(/C(=O)OC)C(Nc1ccc(Cl)cc1)c1ccccc1. The Morgan fingerprint density at radius 2 is 1.79 bits per heavy atom. The fourth-order valence-corrected chi connectivity index (χ4v) is 2.42. The van der Waals surface area contributed by atoms with E-state index in [1.165, 1.54) is 7.11 Å². The number of carbonyl (C=O) groups is 1. The number of allylic oxidation sites excluding steroid dienone is 3. The first-order valence-electron chi connectivity index (χ1n) is 7.64. The van der Waals surface area contributed by atoms with E-state index in [0.717, 1.165) is 11.3 Å². The number of carbonyl (C=O) groups excluding carboxylic acids is 1. The predicted octanol–water partition coefficient (Wildman–Crippen LogP) is 5.17. The Balaban J connectivity index is 2.44. The largest absolute Gasteiger partial charge is 0.466 e. The summed E-state index contributed by atoms with van der Waals surface area (Å²) in [5, 5.41) is 4.05. The van der Waals surface area contributed by atoms with E-state index in [0.29, 0.717) is 10.6 Å². The molecule has 1 unspecified atom stereocenters. The van der Waals surface area contributed by atoms with Gasteiger partial charge < -0.3 is 10.1 Å². The third kappa shape index (κ3) is 4.74. The smallest absolute Gasteiger partial charge is 0.336 e. The second-order valence-corrected chi connectivity index (χ2v) is 5.57. The van der Waals surface area contributed by atoms with Crippen LogP contribution in [-0.4, -0.2) is 13.1 Å². The van der Waals surface area contributed by atoms with Gasteiger partial charge in [0.25, 0.3) is 0 Å². The lowest BCUT2D eigenvalue weighted by Gasteiger charge is -2.22. The van der Waals surface area contributed by atoms with Crippen molar-refractivity contribution in [2.75, 3.05) is 12.4 Å². The Kier molecular flexibility index (Phi) is 6.64. The van der Waals surface area contributed by atoms with E-state index in [1.54, 1.807) is 18.2 Å². The Bertz CT molecular complexity index is 721. The summed E-state index contributed by atoms with van der Waals surface area (Å²) in [4.78, 5) is 12.3. The number of rotatable bonds is 6. The first-order valence-corrected chi connectivity index (χ1v) is 8.01. The van der Waals surface area contributed by atoms with E-state index in [9.17, 15) is 4.79 Å². The van der Waals surface area contributed by atoms with Crippen LogP contribution in [0.25, 0.3) is 0 Å². The molecule has 0 spiro atoms. The standard InChI is InChI=1S/C20H20ClNO2/c1-3-4-10-18(20(23)24-2)19(15-8-6-5-7-9-15)22-17-13-11-16(21)12-14-17/h3-14,19,22H,1-2H3/b4-3+,18-10+. The summed E-state index contributed by atoms with van der Waals surface area (Å²) >= 11 is 5.95. The van der Waals surface area contributed by atoms with E-state index in [2.05, 4.69) is 5.32 Å². The number of hydrogen-bond donors (Lipinski definition) is 1. The number of ether oxygens (including phenoxy) is 1. The molecule has 1 atom stereocenters. The molecule has 2 rings (SSSR count). The van der Waals surface area contributed by atoms with Gasteiger partial charge in [0.15, 0.2) is 0 Å². The van der Waals surface area contributed by atoms with Crippen LogP contribution < -0.4 is 5.32 Å². The highest BCUT2D eigenvalue weighted by Gasteiger charge is 2.23. The van der Waals surface area contributed by atoms with E-state index in [-0.39, 0.29) is 12.0 Å². The number of nitrogens with one attached hydrogen (secondary N) is 1. The average molecular weight is 342 g/mol. The van der Waals surface area contributed by atoms with Crippen molar-refractivity contribution in [1.82, 2.24) is 0 Å². The Labute approximate surface area is 147 Å². The first kappa shape index (κ1) is 17.8. The molecule has 0 amide bonds. The molecule has 0 saturated carbocycles. The molecule has 0 radical (unpaired) electrons. The van der Waals surface area contributed by atoms with Crippen molar-refractivity contribution < 1.29 is 9.53 Å². The zero-order chi connectivity index (χ0) is 17.4. The van der Waals surface area contributed by atoms with Gasteiger partial charge in [0.2, 0.25) is 0 Å². The van der Waals surface area contributed by atoms with Gasteiger partial charge in [-0.15, -0.1) is 0 Å². The summed E-state index contributed by atoms with van der Waals surface area (Å²) < 4.78 is 4.97. The summed E-state index contributed by atoms with van der Waals surface area (Å²) in [5.41, 5.74) is 2.36. The van der Waals surface area contributed by atoms with Gasteiger partial charge in [-0.05, 0) is 42.8 Å². The quantitative estimate of drug-likeness (QED) is 0.447. The summed E-state index contributed by atoms with van der Waals surface area (Å²) in [6.07, 6.45) is 5.46. The molecule has 2 aromatic carbocycles. The molecule has 4 heteroatoms. The zero-order valence-corrected chi connectivity index (χ0v) is 14.5. The van der Waals surface area contributed by atoms with E-state index in [4.69, 9.17) is 16.3 Å². The third-order valence-electron chi connectivity index (χ3n) is 3.49. The van der Waals surface area contributed by atoms with Gasteiger partial charge in [0, 0.05) is 10.7 Å². The van der Waals surface area contributed by atoms with Crippen molar-refractivity contribution in [3.05, 3.63) is 89.0 Å². The minimum absolute atomic E-state index is 0.337. The van der Waals surface area contributed by atoms with Crippen LogP contribution in [0.3, 0.4) is 0 Å². The molecule has 124 valence electrons. The maximum atomic E-state index is 12.3. The highest BCUT2D eigenvalue weighted by atomic mass is 35.5. The van der Waals surface area contributed by atoms with Crippen molar-refractivity contribution >= 4 is 23.3 Å². The third-order valence-corrected chi connectivity index (χ3v) is 3.74. The monoisotopic (exact) mass is 341 g/mol. The number of benzene rings is 2. The Morgan fingerprint density at radius 1 is 1.12 bits per heavy atom. The van der Waals surface area contributed by atoms with Crippen molar-refractivity contribution in [1.29, 1.82) is 0 Å². The van der Waals surface area contributed by atoms with Crippen molar-refractivity contribution in [2.24, 2.45) is 0 Å². The average Bonchev–Trinajstić information content (AvgIpc) is 2.63. The first-order chi connectivity index (χ1) is 11.7. The zero-order valence-electron chi connectivity index (χ0n) is 13.7. The molecule has 0 aliphatic carbocycles. The van der Waals surface area contributed by atoms with Crippen LogP contribution in [-0.2, 0) is 9.53 Å². The molecule has 1 N–H and O–H groups in total. The van der Waals surface area contributed by atoms with Crippen molar-refractivity contribution in [2.45, 2.75) is 13.0 Å². The molecule has 0 aliphatic heterocycles. The number of methoxy groups -OCH3 is 1. The summed E-state index contributed by atoms with van der Waals surface area (Å²) in [7, 11) is 1.39. The molecular weight excluding hydrogens is 322 g/mol. The lowest BCUT2D eigenvalue weighted by Crippen LogP contribution is -2.20. The van der Waals surface area contributed by atoms with Crippen LogP contribution in [0, 0.1) is 0 Å². The van der Waals surface area contributed by atoms with Gasteiger partial charge in [-0.3, -0.25) is 0 Å². The fourth-order valence-electron chi connectivity index (χ4n) is 2.30. The number of anilines is 1. The van der Waals surface area contributed by atoms with Crippen LogP contribution in [0.1, 0.15) is 18.5 Å². The molecule has 2 aromatic rings. The lowest BCUT2D eigenvalue weighted by atomic mass is 9.97. The summed E-state index contributed by atoms with van der Waals surface area (Å²) in [6, 6.07) is 16.8. The highest BCUT2D eigenvalue weighted by Crippen LogP contribution is 2.28. The van der Waals surface area contributed by atoms with Crippen molar-refractivity contribution in [3.8, 4) is 0 Å². The summed E-state index contributed by atoms with van der Waals surface area (Å²) in [5.74, 6) is -0.372. The minimum Gasteiger partial charge on any atom is -0.466 e. The second kappa shape index (κ2) is 8.94. The van der Waals surface area contributed by atoms with E-state index in [1.807, 2.05) is 61.5 Å². The molecule has 0 aliphatic rings. The maximum Gasteiger partial charge on any atom is 0.336 e. The van der Waals surface area contributed by atoms with Gasteiger partial charge in [-0.25, -0.2) is 4.79 Å². The van der Waals surface area contributed by atoms with Crippen LogP contribution in [0.5, 0.6) is 0 Å². The van der Waals surface area contributed by atoms with Gasteiger partial charge >= 0.3 is 5.97 Å². The predicted molar refractivity (Wildman–Crippen MR) is 99.2 cm³/mol. The molecule has 0 bridgehead atoms. The molecule has 24 heavy (non-hydrogen) atoms. The molecule has 0 aromatic heterocycles. The molecule has 0 saturated heterocycles. The maximum absolute atomic E-state index is 12.3. The van der Waals surface area contributed by atoms with Gasteiger partial charge in [0.1, 0.15) is 0 Å². The van der Waals surface area contributed by atoms with E-state index >= 15 is 0 Å². The van der Waals surface area contributed by atoms with Gasteiger partial charge in [-0.2, -0.15) is 0 Å². The van der Waals surface area contributed by atoms with Crippen molar-refractivity contribution in [3.63, 3.8) is 0 Å². The fraction of sp³-hybridized carbons (Fsp3) is 0.150. The minimum atomic E-state index is -0.372. The lowest BCUT2D eigenvalue weighted by molar-refractivity contribution is -0.136. The second-order valence-electron chi connectivity index (χ2n) is 5.13. The van der Waals surface area contributed by atoms with Gasteiger partial charge in [-0.1, -0.05) is 54.1 Å². The highest BCUT2D eigenvalue weighted by molar-refractivity contribution is 6.30. The number of halogens is 1. The Hall–Kier alpha value is -2.52. The van der Waals surface area contributed by atoms with Crippen LogP contribution >= 0.6 is 11.6 Å². The topological polar surface area (TPSA) is 38.3 Å². The Morgan fingerprint density at radius 3 is 2.38 bits per heavy atom. The normalized spacial score (nSPS) is 12.9.